The second-order valence-corrected chi connectivity index (χ2v) is 9.35. The summed E-state index contributed by atoms with van der Waals surface area (Å²) in [5, 5.41) is 2.06. The molecule has 2 aromatic heterocycles. The number of benzene rings is 1. The summed E-state index contributed by atoms with van der Waals surface area (Å²) < 4.78 is 2.13. The number of aromatic nitrogens is 2. The third-order valence-corrected chi connectivity index (χ3v) is 7.20. The maximum atomic E-state index is 13.4. The lowest BCUT2D eigenvalue weighted by Crippen LogP contribution is -2.46. The Labute approximate surface area is 181 Å². The molecular weight excluding hydrogens is 394 g/mol. The van der Waals surface area contributed by atoms with E-state index in [0.717, 1.165) is 62.8 Å². The van der Waals surface area contributed by atoms with Gasteiger partial charge < -0.3 is 9.80 Å². The Hall–Kier alpha value is -2.22. The number of piperidine rings is 1. The molecule has 2 saturated heterocycles. The van der Waals surface area contributed by atoms with Gasteiger partial charge in [-0.15, -0.1) is 11.3 Å². The number of hydrogen-bond donors (Lipinski definition) is 0. The van der Waals surface area contributed by atoms with E-state index in [0.29, 0.717) is 11.7 Å². The molecule has 1 atom stereocenters. The minimum Gasteiger partial charge on any atom is -0.337 e. The highest BCUT2D eigenvalue weighted by Gasteiger charge is 2.31. The number of fused-ring (bicyclic) bond motifs is 1. The molecule has 5 rings (SSSR count). The molecule has 3 aromatic rings. The highest BCUT2D eigenvalue weighted by molar-refractivity contribution is 7.15. The lowest BCUT2D eigenvalue weighted by atomic mass is 10.0. The molecule has 0 aliphatic carbocycles. The summed E-state index contributed by atoms with van der Waals surface area (Å²) in [5.41, 5.74) is 3.01. The van der Waals surface area contributed by atoms with E-state index in [1.807, 2.05) is 4.90 Å². The number of piperazine rings is 1. The predicted molar refractivity (Wildman–Crippen MR) is 120 cm³/mol. The maximum absolute atomic E-state index is 13.4. The largest absolute Gasteiger partial charge is 0.337 e. The summed E-state index contributed by atoms with van der Waals surface area (Å²) in [5.74, 6) is 0.103. The van der Waals surface area contributed by atoms with Crippen LogP contribution in [0.5, 0.6) is 0 Å². The van der Waals surface area contributed by atoms with Crippen LogP contribution in [0.3, 0.4) is 0 Å². The first kappa shape index (κ1) is 19.7. The molecule has 4 heterocycles. The predicted octanol–water partition coefficient (Wildman–Crippen LogP) is 3.51. The van der Waals surface area contributed by atoms with Gasteiger partial charge in [-0.25, -0.2) is 4.98 Å². The Morgan fingerprint density at radius 2 is 1.90 bits per heavy atom. The first-order valence-electron chi connectivity index (χ1n) is 10.9. The molecule has 158 valence electrons. The van der Waals surface area contributed by atoms with Crippen LogP contribution in [-0.4, -0.2) is 69.8 Å². The Morgan fingerprint density at radius 3 is 2.70 bits per heavy atom. The molecule has 0 saturated carbocycles. The Morgan fingerprint density at radius 1 is 1.10 bits per heavy atom. The van der Waals surface area contributed by atoms with Crippen molar-refractivity contribution in [1.29, 1.82) is 0 Å². The Bertz CT molecular complexity index is 1010. The van der Waals surface area contributed by atoms with Gasteiger partial charge in [0.15, 0.2) is 10.7 Å². The highest BCUT2D eigenvalue weighted by atomic mass is 32.1. The molecule has 0 spiro atoms. The molecular formula is C23H29N5OS. The van der Waals surface area contributed by atoms with Crippen molar-refractivity contribution in [3.05, 3.63) is 58.9 Å². The van der Waals surface area contributed by atoms with Crippen LogP contribution < -0.4 is 0 Å². The quantitative estimate of drug-likeness (QED) is 0.644. The molecule has 0 bridgehead atoms. The van der Waals surface area contributed by atoms with Gasteiger partial charge in [-0.05, 0) is 31.9 Å². The minimum atomic E-state index is 0.103. The van der Waals surface area contributed by atoms with Crippen molar-refractivity contribution in [2.75, 3.05) is 39.8 Å². The molecule has 6 nitrogen and oxygen atoms in total. The van der Waals surface area contributed by atoms with E-state index >= 15 is 0 Å². The van der Waals surface area contributed by atoms with Crippen LogP contribution in [0.4, 0.5) is 0 Å². The van der Waals surface area contributed by atoms with Gasteiger partial charge in [0.25, 0.3) is 5.91 Å². The van der Waals surface area contributed by atoms with E-state index < -0.39 is 0 Å². The molecule has 2 aliphatic heterocycles. The second kappa shape index (κ2) is 8.49. The average molecular weight is 424 g/mol. The summed E-state index contributed by atoms with van der Waals surface area (Å²) in [6.45, 7) is 5.44. The van der Waals surface area contributed by atoms with Crippen molar-refractivity contribution in [2.45, 2.75) is 31.8 Å². The van der Waals surface area contributed by atoms with Crippen LogP contribution in [0.2, 0.25) is 0 Å². The van der Waals surface area contributed by atoms with E-state index in [1.165, 1.54) is 12.0 Å². The molecule has 7 heteroatoms. The molecule has 2 aliphatic rings. The molecule has 2 fully saturated rings. The molecule has 30 heavy (non-hydrogen) atoms. The number of amides is 1. The number of rotatable bonds is 4. The number of carbonyl (C=O) groups is 1. The Kier molecular flexibility index (Phi) is 5.58. The van der Waals surface area contributed by atoms with Crippen molar-refractivity contribution < 1.29 is 4.79 Å². The molecule has 0 unspecified atom stereocenters. The van der Waals surface area contributed by atoms with Gasteiger partial charge >= 0.3 is 0 Å². The van der Waals surface area contributed by atoms with Crippen LogP contribution >= 0.6 is 11.3 Å². The summed E-state index contributed by atoms with van der Waals surface area (Å²) in [7, 11) is 2.19. The third-order valence-electron chi connectivity index (χ3n) is 6.44. The number of imidazole rings is 1. The first-order chi connectivity index (χ1) is 14.7. The highest BCUT2D eigenvalue weighted by Crippen LogP contribution is 2.29. The van der Waals surface area contributed by atoms with Gasteiger partial charge in [-0.1, -0.05) is 30.3 Å². The van der Waals surface area contributed by atoms with Crippen LogP contribution in [0, 0.1) is 0 Å². The molecule has 0 radical (unpaired) electrons. The minimum absolute atomic E-state index is 0.103. The van der Waals surface area contributed by atoms with Crippen molar-refractivity contribution in [1.82, 2.24) is 24.1 Å². The zero-order valence-electron chi connectivity index (χ0n) is 17.5. The SMILES string of the molecule is CN1CCN(Cc2c(C(=O)N3CCCCC3)nc3sccn23)[C@@H](c2ccccc2)C1. The summed E-state index contributed by atoms with van der Waals surface area (Å²) in [6, 6.07) is 11.0. The summed E-state index contributed by atoms with van der Waals surface area (Å²) in [6.07, 6.45) is 5.47. The number of likely N-dealkylation sites (tertiary alicyclic amines) is 1. The topological polar surface area (TPSA) is 44.1 Å². The van der Waals surface area contributed by atoms with E-state index in [2.05, 4.69) is 63.2 Å². The lowest BCUT2D eigenvalue weighted by Gasteiger charge is -2.40. The zero-order valence-corrected chi connectivity index (χ0v) is 18.4. The lowest BCUT2D eigenvalue weighted by molar-refractivity contribution is 0.0700. The van der Waals surface area contributed by atoms with E-state index in [1.54, 1.807) is 11.3 Å². The van der Waals surface area contributed by atoms with Gasteiger partial charge in [0.05, 0.1) is 5.69 Å². The van der Waals surface area contributed by atoms with Crippen molar-refractivity contribution in [2.24, 2.45) is 0 Å². The van der Waals surface area contributed by atoms with Crippen molar-refractivity contribution in [3.8, 4) is 0 Å². The number of thiazole rings is 1. The Balaban J connectivity index is 1.47. The van der Waals surface area contributed by atoms with Gasteiger partial charge in [-0.3, -0.25) is 14.1 Å². The monoisotopic (exact) mass is 423 g/mol. The zero-order chi connectivity index (χ0) is 20.5. The van der Waals surface area contributed by atoms with Crippen molar-refractivity contribution >= 4 is 22.2 Å². The molecule has 1 amide bonds. The van der Waals surface area contributed by atoms with Crippen LogP contribution in [-0.2, 0) is 6.54 Å². The number of carbonyl (C=O) groups excluding carboxylic acids is 1. The average Bonchev–Trinajstić information content (AvgIpc) is 3.38. The van der Waals surface area contributed by atoms with E-state index in [4.69, 9.17) is 4.98 Å². The van der Waals surface area contributed by atoms with Crippen LogP contribution in [0.1, 0.15) is 47.1 Å². The van der Waals surface area contributed by atoms with Gasteiger partial charge in [0.1, 0.15) is 0 Å². The smallest absolute Gasteiger partial charge is 0.274 e. The second-order valence-electron chi connectivity index (χ2n) is 8.47. The fraction of sp³-hybridized carbons (Fsp3) is 0.478. The fourth-order valence-electron chi connectivity index (χ4n) is 4.73. The third kappa shape index (κ3) is 3.77. The maximum Gasteiger partial charge on any atom is 0.274 e. The normalized spacial score (nSPS) is 21.4. The van der Waals surface area contributed by atoms with Gasteiger partial charge in [0, 0.05) is 56.9 Å². The van der Waals surface area contributed by atoms with Crippen LogP contribution in [0.15, 0.2) is 41.9 Å². The van der Waals surface area contributed by atoms with Crippen molar-refractivity contribution in [3.63, 3.8) is 0 Å². The van der Waals surface area contributed by atoms with E-state index in [9.17, 15) is 4.79 Å². The van der Waals surface area contributed by atoms with E-state index in [-0.39, 0.29) is 5.91 Å². The van der Waals surface area contributed by atoms with Gasteiger partial charge in [-0.2, -0.15) is 0 Å². The summed E-state index contributed by atoms with van der Waals surface area (Å²) >= 11 is 1.60. The molecule has 1 aromatic carbocycles. The van der Waals surface area contributed by atoms with Gasteiger partial charge in [0.2, 0.25) is 0 Å². The first-order valence-corrected chi connectivity index (χ1v) is 11.8. The van der Waals surface area contributed by atoms with Crippen LogP contribution in [0.25, 0.3) is 4.96 Å². The number of nitrogens with zero attached hydrogens (tertiary/aromatic N) is 5. The number of likely N-dealkylation sites (N-methyl/N-ethyl adjacent to an activating group) is 1. The number of hydrogen-bond acceptors (Lipinski definition) is 5. The standard InChI is InChI=1S/C23H29N5OS/c1-25-12-13-27(19(16-25)18-8-4-2-5-9-18)17-20-21(24-23-28(20)14-15-30-23)22(29)26-10-6-3-7-11-26/h2,4-5,8-9,14-15,19H,3,6-7,10-13,16-17H2,1H3/t19-/m1/s1. The fourth-order valence-corrected chi connectivity index (χ4v) is 5.46. The molecule has 0 N–H and O–H groups in total. The summed E-state index contributed by atoms with van der Waals surface area (Å²) in [4.78, 5) is 26.0.